The van der Waals surface area contributed by atoms with Gasteiger partial charge in [0.15, 0.2) is 0 Å². The van der Waals surface area contributed by atoms with Gasteiger partial charge in [0, 0.05) is 5.41 Å². The minimum absolute atomic E-state index is 0.217. The Kier molecular flexibility index (Phi) is 3.88. The molecule has 5 rings (SSSR count). The van der Waals surface area contributed by atoms with E-state index in [-0.39, 0.29) is 5.41 Å². The number of ether oxygens (including phenoxy) is 1. The second-order valence-electron chi connectivity index (χ2n) is 8.86. The van der Waals surface area contributed by atoms with Crippen LogP contribution in [0.5, 0.6) is 5.75 Å². The quantitative estimate of drug-likeness (QED) is 0.646. The van der Waals surface area contributed by atoms with Crippen LogP contribution in [-0.2, 0) is 5.41 Å². The molecule has 5 unspecified atom stereocenters. The van der Waals surface area contributed by atoms with Gasteiger partial charge in [-0.25, -0.2) is 0 Å². The van der Waals surface area contributed by atoms with E-state index in [1.807, 2.05) is 0 Å². The van der Waals surface area contributed by atoms with Crippen LogP contribution in [0.15, 0.2) is 48.5 Å². The average molecular weight is 347 g/mol. The van der Waals surface area contributed by atoms with Gasteiger partial charge in [-0.05, 0) is 86.5 Å². The maximum Gasteiger partial charge on any atom is 0.119 e. The highest BCUT2D eigenvalue weighted by Crippen LogP contribution is 2.68. The zero-order valence-electron chi connectivity index (χ0n) is 16.1. The molecule has 2 bridgehead atoms. The maximum absolute atomic E-state index is 5.71. The molecule has 1 nitrogen and oxygen atoms in total. The van der Waals surface area contributed by atoms with Crippen LogP contribution in [0.25, 0.3) is 0 Å². The fourth-order valence-electron chi connectivity index (χ4n) is 6.84. The van der Waals surface area contributed by atoms with Crippen molar-refractivity contribution in [2.75, 3.05) is 6.61 Å². The molecule has 1 heteroatoms. The molecule has 0 amide bonds. The highest BCUT2D eigenvalue weighted by atomic mass is 16.5. The highest BCUT2D eigenvalue weighted by Gasteiger charge is 2.61. The summed E-state index contributed by atoms with van der Waals surface area (Å²) in [6.45, 7) is 4.98. The predicted octanol–water partition coefficient (Wildman–Crippen LogP) is 6.14. The van der Waals surface area contributed by atoms with Crippen LogP contribution in [0, 0.1) is 30.6 Å². The summed E-state index contributed by atoms with van der Waals surface area (Å²) in [7, 11) is 0. The molecule has 0 aromatic heterocycles. The van der Waals surface area contributed by atoms with Gasteiger partial charge in [-0.2, -0.15) is 0 Å². The summed E-state index contributed by atoms with van der Waals surface area (Å²) in [6.07, 6.45) is 7.18. The van der Waals surface area contributed by atoms with Crippen molar-refractivity contribution in [3.8, 4) is 5.75 Å². The molecule has 0 spiro atoms. The third-order valence-corrected chi connectivity index (χ3v) is 7.77. The summed E-state index contributed by atoms with van der Waals surface area (Å²) in [6, 6.07) is 18.5. The second-order valence-corrected chi connectivity index (χ2v) is 8.86. The lowest BCUT2D eigenvalue weighted by Gasteiger charge is -2.44. The molecule has 3 aliphatic carbocycles. The van der Waals surface area contributed by atoms with Crippen molar-refractivity contribution in [2.24, 2.45) is 23.7 Å². The van der Waals surface area contributed by atoms with Crippen LogP contribution in [0.3, 0.4) is 0 Å². The number of aryl methyl sites for hydroxylation is 1. The van der Waals surface area contributed by atoms with Crippen molar-refractivity contribution >= 4 is 0 Å². The van der Waals surface area contributed by atoms with E-state index in [2.05, 4.69) is 62.4 Å². The summed E-state index contributed by atoms with van der Waals surface area (Å²) in [4.78, 5) is 0. The van der Waals surface area contributed by atoms with Gasteiger partial charge in [-0.1, -0.05) is 48.4 Å². The molecule has 136 valence electrons. The first kappa shape index (κ1) is 16.4. The molecule has 0 aliphatic heterocycles. The minimum Gasteiger partial charge on any atom is -0.494 e. The molecule has 3 aliphatic rings. The van der Waals surface area contributed by atoms with Crippen molar-refractivity contribution in [3.05, 3.63) is 65.2 Å². The lowest BCUT2D eigenvalue weighted by molar-refractivity contribution is 0.181. The molecule has 2 aromatic carbocycles. The van der Waals surface area contributed by atoms with Crippen LogP contribution >= 0.6 is 0 Å². The molecule has 3 saturated carbocycles. The average Bonchev–Trinajstić information content (AvgIpc) is 3.36. The van der Waals surface area contributed by atoms with Crippen LogP contribution < -0.4 is 4.74 Å². The van der Waals surface area contributed by atoms with Crippen LogP contribution in [-0.4, -0.2) is 6.61 Å². The number of hydrogen-bond acceptors (Lipinski definition) is 1. The first-order valence-corrected chi connectivity index (χ1v) is 10.5. The van der Waals surface area contributed by atoms with Gasteiger partial charge in [-0.3, -0.25) is 0 Å². The van der Waals surface area contributed by atoms with Gasteiger partial charge in [0.05, 0.1) is 6.61 Å². The summed E-state index contributed by atoms with van der Waals surface area (Å²) in [5, 5.41) is 0. The van der Waals surface area contributed by atoms with Crippen LogP contribution in [0.2, 0.25) is 0 Å². The second kappa shape index (κ2) is 6.15. The van der Waals surface area contributed by atoms with E-state index in [9.17, 15) is 0 Å². The Morgan fingerprint density at radius 2 is 1.58 bits per heavy atom. The zero-order valence-corrected chi connectivity index (χ0v) is 16.1. The SMILES string of the molecule is CCOc1ccc(C2(c3ccc(C)cc3)CC3CC2C2CCCC32)cc1. The molecular formula is C25H30O. The van der Waals surface area contributed by atoms with E-state index in [4.69, 9.17) is 4.74 Å². The summed E-state index contributed by atoms with van der Waals surface area (Å²) < 4.78 is 5.71. The molecule has 0 radical (unpaired) electrons. The Morgan fingerprint density at radius 3 is 2.27 bits per heavy atom. The molecule has 26 heavy (non-hydrogen) atoms. The number of rotatable bonds is 4. The van der Waals surface area contributed by atoms with Crippen LogP contribution in [0.1, 0.15) is 55.7 Å². The smallest absolute Gasteiger partial charge is 0.119 e. The standard InChI is InChI=1S/C25H30O/c1-3-26-21-13-11-20(12-14-21)25(19-9-7-17(2)8-10-19)16-18-15-24(25)23-6-4-5-22(18)23/h7-14,18,22-24H,3-6,15-16H2,1-2H3. The van der Waals surface area contributed by atoms with Crippen molar-refractivity contribution in [3.63, 3.8) is 0 Å². The summed E-state index contributed by atoms with van der Waals surface area (Å²) >= 11 is 0. The molecule has 0 N–H and O–H groups in total. The Bertz CT molecular complexity index is 775. The Balaban J connectivity index is 1.61. The van der Waals surface area contributed by atoms with Crippen molar-refractivity contribution in [1.29, 1.82) is 0 Å². The van der Waals surface area contributed by atoms with Gasteiger partial charge in [0.1, 0.15) is 5.75 Å². The van der Waals surface area contributed by atoms with E-state index in [1.54, 1.807) is 5.56 Å². The monoisotopic (exact) mass is 346 g/mol. The lowest BCUT2D eigenvalue weighted by atomic mass is 9.59. The van der Waals surface area contributed by atoms with Gasteiger partial charge >= 0.3 is 0 Å². The van der Waals surface area contributed by atoms with Crippen LogP contribution in [0.4, 0.5) is 0 Å². The summed E-state index contributed by atoms with van der Waals surface area (Å²) in [5.41, 5.74) is 4.64. The normalized spacial score (nSPS) is 34.8. The fourth-order valence-corrected chi connectivity index (χ4v) is 6.84. The number of fused-ring (bicyclic) bond motifs is 5. The Labute approximate surface area is 157 Å². The Morgan fingerprint density at radius 1 is 0.923 bits per heavy atom. The topological polar surface area (TPSA) is 9.23 Å². The molecule has 0 heterocycles. The van der Waals surface area contributed by atoms with Crippen molar-refractivity contribution in [1.82, 2.24) is 0 Å². The summed E-state index contributed by atoms with van der Waals surface area (Å²) in [5.74, 6) is 4.71. The predicted molar refractivity (Wildman–Crippen MR) is 107 cm³/mol. The molecular weight excluding hydrogens is 316 g/mol. The van der Waals surface area contributed by atoms with Crippen molar-refractivity contribution < 1.29 is 4.74 Å². The maximum atomic E-state index is 5.71. The highest BCUT2D eigenvalue weighted by molar-refractivity contribution is 5.46. The van der Waals surface area contributed by atoms with E-state index in [0.29, 0.717) is 0 Å². The molecule has 0 saturated heterocycles. The third-order valence-electron chi connectivity index (χ3n) is 7.77. The van der Waals surface area contributed by atoms with Gasteiger partial charge < -0.3 is 4.74 Å². The minimum atomic E-state index is 0.217. The van der Waals surface area contributed by atoms with E-state index in [0.717, 1.165) is 36.0 Å². The van der Waals surface area contributed by atoms with Gasteiger partial charge in [0.25, 0.3) is 0 Å². The van der Waals surface area contributed by atoms with E-state index >= 15 is 0 Å². The van der Waals surface area contributed by atoms with E-state index < -0.39 is 0 Å². The Hall–Kier alpha value is -1.76. The number of hydrogen-bond donors (Lipinski definition) is 0. The lowest BCUT2D eigenvalue weighted by Crippen LogP contribution is -2.40. The van der Waals surface area contributed by atoms with E-state index in [1.165, 1.54) is 43.2 Å². The molecule has 2 aromatic rings. The molecule has 5 atom stereocenters. The first-order chi connectivity index (χ1) is 12.7. The van der Waals surface area contributed by atoms with Gasteiger partial charge in [-0.15, -0.1) is 0 Å². The molecule has 3 fully saturated rings. The largest absolute Gasteiger partial charge is 0.494 e. The zero-order chi connectivity index (χ0) is 17.7. The third kappa shape index (κ3) is 2.29. The fraction of sp³-hybridized carbons (Fsp3) is 0.520. The van der Waals surface area contributed by atoms with Gasteiger partial charge in [0.2, 0.25) is 0 Å². The van der Waals surface area contributed by atoms with Crippen molar-refractivity contribution in [2.45, 2.75) is 51.4 Å². The first-order valence-electron chi connectivity index (χ1n) is 10.5. The number of benzene rings is 2.